The molecule has 11 heteroatoms. The smallest absolute Gasteiger partial charge is 0.305 e. The van der Waals surface area contributed by atoms with Gasteiger partial charge >= 0.3 is 23.9 Å². The van der Waals surface area contributed by atoms with Crippen LogP contribution >= 0.6 is 11.6 Å². The van der Waals surface area contributed by atoms with E-state index < -0.39 is 54.6 Å². The number of benzene rings is 1. The van der Waals surface area contributed by atoms with Crippen LogP contribution in [-0.2, 0) is 54.2 Å². The van der Waals surface area contributed by atoms with E-state index in [0.29, 0.717) is 28.3 Å². The monoisotopic (exact) mass is 500 g/mol. The number of aryl methyl sites for hydroxylation is 1. The minimum Gasteiger partial charge on any atom is -0.455 e. The summed E-state index contributed by atoms with van der Waals surface area (Å²) >= 11 is 6.37. The van der Waals surface area contributed by atoms with E-state index >= 15 is 0 Å². The SMILES string of the molecule is CCOCc1cc([C@@H]2OC(OC(C)=O)[C@@H](OC(C)=O)[C@H](OC(C)=O)[C@H]2OC(C)=O)c(C)cc1Cl. The zero-order valence-corrected chi connectivity index (χ0v) is 20.7. The molecule has 1 unspecified atom stereocenters. The predicted molar refractivity (Wildman–Crippen MR) is 118 cm³/mol. The van der Waals surface area contributed by atoms with Crippen LogP contribution in [0.4, 0.5) is 0 Å². The van der Waals surface area contributed by atoms with Crippen molar-refractivity contribution in [1.29, 1.82) is 0 Å². The van der Waals surface area contributed by atoms with Gasteiger partial charge in [-0.15, -0.1) is 0 Å². The van der Waals surface area contributed by atoms with E-state index in [1.54, 1.807) is 19.1 Å². The average Bonchev–Trinajstić information content (AvgIpc) is 2.70. The molecule has 34 heavy (non-hydrogen) atoms. The Labute approximate surface area is 202 Å². The van der Waals surface area contributed by atoms with Crippen molar-refractivity contribution >= 4 is 35.5 Å². The summed E-state index contributed by atoms with van der Waals surface area (Å²) in [5.74, 6) is -2.89. The summed E-state index contributed by atoms with van der Waals surface area (Å²) in [5, 5.41) is 0.459. The van der Waals surface area contributed by atoms with Crippen molar-refractivity contribution in [2.75, 3.05) is 6.61 Å². The third-order valence-electron chi connectivity index (χ3n) is 4.89. The summed E-state index contributed by atoms with van der Waals surface area (Å²) in [6.45, 7) is 8.88. The number of ether oxygens (including phenoxy) is 6. The summed E-state index contributed by atoms with van der Waals surface area (Å²) < 4.78 is 33.0. The molecule has 1 aromatic carbocycles. The first-order valence-corrected chi connectivity index (χ1v) is 11.0. The lowest BCUT2D eigenvalue weighted by Gasteiger charge is -2.44. The Balaban J connectivity index is 2.66. The van der Waals surface area contributed by atoms with E-state index in [0.717, 1.165) is 20.8 Å². The molecule has 2 rings (SSSR count). The van der Waals surface area contributed by atoms with Crippen LogP contribution in [0.25, 0.3) is 0 Å². The second-order valence-corrected chi connectivity index (χ2v) is 8.10. The highest BCUT2D eigenvalue weighted by atomic mass is 35.5. The highest BCUT2D eigenvalue weighted by Gasteiger charge is 2.54. The van der Waals surface area contributed by atoms with Gasteiger partial charge in [-0.3, -0.25) is 19.2 Å². The van der Waals surface area contributed by atoms with Gasteiger partial charge in [-0.05, 0) is 42.7 Å². The Kier molecular flexibility index (Phi) is 9.84. The molecule has 0 amide bonds. The number of carbonyl (C=O) groups excluding carboxylic acids is 4. The van der Waals surface area contributed by atoms with Crippen LogP contribution in [0.1, 0.15) is 57.4 Å². The number of halogens is 1. The van der Waals surface area contributed by atoms with Crippen LogP contribution in [0.3, 0.4) is 0 Å². The fraction of sp³-hybridized carbons (Fsp3) is 0.565. The second-order valence-electron chi connectivity index (χ2n) is 7.69. The molecule has 1 aliphatic heterocycles. The zero-order chi connectivity index (χ0) is 25.6. The number of esters is 4. The second kappa shape index (κ2) is 12.1. The Morgan fingerprint density at radius 3 is 1.91 bits per heavy atom. The fourth-order valence-electron chi connectivity index (χ4n) is 3.65. The molecule has 0 radical (unpaired) electrons. The highest BCUT2D eigenvalue weighted by molar-refractivity contribution is 6.31. The Morgan fingerprint density at radius 1 is 0.853 bits per heavy atom. The molecule has 1 aliphatic rings. The van der Waals surface area contributed by atoms with E-state index in [-0.39, 0.29) is 6.61 Å². The lowest BCUT2D eigenvalue weighted by atomic mass is 9.90. The molecule has 1 aromatic rings. The summed E-state index contributed by atoms with van der Waals surface area (Å²) in [5.41, 5.74) is 1.84. The van der Waals surface area contributed by atoms with Crippen LogP contribution in [0.5, 0.6) is 0 Å². The van der Waals surface area contributed by atoms with Crippen molar-refractivity contribution in [1.82, 2.24) is 0 Å². The average molecular weight is 501 g/mol. The lowest BCUT2D eigenvalue weighted by Crippen LogP contribution is -2.59. The molecule has 188 valence electrons. The van der Waals surface area contributed by atoms with Crippen LogP contribution < -0.4 is 0 Å². The van der Waals surface area contributed by atoms with Crippen LogP contribution in [-0.4, -0.2) is 55.1 Å². The van der Waals surface area contributed by atoms with Crippen molar-refractivity contribution in [3.05, 3.63) is 33.8 Å². The molecule has 10 nitrogen and oxygen atoms in total. The third-order valence-corrected chi connectivity index (χ3v) is 5.24. The topological polar surface area (TPSA) is 124 Å². The Morgan fingerprint density at radius 2 is 1.38 bits per heavy atom. The van der Waals surface area contributed by atoms with E-state index in [1.807, 2.05) is 6.92 Å². The minimum atomic E-state index is -1.45. The summed E-state index contributed by atoms with van der Waals surface area (Å²) in [6.07, 6.45) is -6.48. The van der Waals surface area contributed by atoms with Crippen molar-refractivity contribution in [2.24, 2.45) is 0 Å². The summed E-state index contributed by atoms with van der Waals surface area (Å²) in [4.78, 5) is 47.5. The van der Waals surface area contributed by atoms with Gasteiger partial charge in [-0.25, -0.2) is 0 Å². The zero-order valence-electron chi connectivity index (χ0n) is 19.9. The Bertz CT molecular complexity index is 931. The molecular formula is C23H29ClO10. The molecule has 1 fully saturated rings. The number of rotatable bonds is 8. The lowest BCUT2D eigenvalue weighted by molar-refractivity contribution is -0.298. The van der Waals surface area contributed by atoms with Crippen LogP contribution in [0.2, 0.25) is 5.02 Å². The van der Waals surface area contributed by atoms with Gasteiger partial charge in [0.2, 0.25) is 12.4 Å². The van der Waals surface area contributed by atoms with Gasteiger partial charge in [0.1, 0.15) is 6.10 Å². The standard InChI is InChI=1S/C23H29ClO10/c1-7-29-10-16-9-17(11(2)8-18(16)24)19-20(30-12(3)25)21(31-13(4)26)22(32-14(5)27)23(34-19)33-15(6)28/h8-9,19-23H,7,10H2,1-6H3/t19-,20-,21+,22-,23?/m0/s1. The number of hydrogen-bond acceptors (Lipinski definition) is 10. The van der Waals surface area contributed by atoms with Gasteiger partial charge in [0, 0.05) is 39.3 Å². The summed E-state index contributed by atoms with van der Waals surface area (Å²) in [6, 6.07) is 3.41. The molecule has 0 spiro atoms. The van der Waals surface area contributed by atoms with Crippen LogP contribution in [0.15, 0.2) is 12.1 Å². The maximum absolute atomic E-state index is 12.0. The van der Waals surface area contributed by atoms with E-state index in [1.165, 1.54) is 6.92 Å². The largest absolute Gasteiger partial charge is 0.455 e. The maximum atomic E-state index is 12.0. The van der Waals surface area contributed by atoms with Gasteiger partial charge in [0.15, 0.2) is 12.2 Å². The van der Waals surface area contributed by atoms with Gasteiger partial charge < -0.3 is 28.4 Å². The van der Waals surface area contributed by atoms with E-state index in [4.69, 9.17) is 40.0 Å². The molecule has 0 aliphatic carbocycles. The van der Waals surface area contributed by atoms with E-state index in [9.17, 15) is 19.2 Å². The molecule has 0 aromatic heterocycles. The normalized spacial score (nSPS) is 24.1. The molecular weight excluding hydrogens is 472 g/mol. The molecule has 0 bridgehead atoms. The highest BCUT2D eigenvalue weighted by Crippen LogP contribution is 2.40. The first-order valence-electron chi connectivity index (χ1n) is 10.7. The van der Waals surface area contributed by atoms with Crippen molar-refractivity contribution in [3.63, 3.8) is 0 Å². The van der Waals surface area contributed by atoms with E-state index in [2.05, 4.69) is 0 Å². The van der Waals surface area contributed by atoms with Gasteiger partial charge in [-0.2, -0.15) is 0 Å². The van der Waals surface area contributed by atoms with Crippen molar-refractivity contribution < 1.29 is 47.6 Å². The van der Waals surface area contributed by atoms with Crippen LogP contribution in [0, 0.1) is 6.92 Å². The molecule has 1 heterocycles. The molecule has 0 saturated carbocycles. The molecule has 0 N–H and O–H groups in total. The molecule has 5 atom stereocenters. The van der Waals surface area contributed by atoms with Gasteiger partial charge in [0.05, 0.1) is 6.61 Å². The first kappa shape index (κ1) is 27.6. The molecule has 1 saturated heterocycles. The number of carbonyl (C=O) groups is 4. The predicted octanol–water partition coefficient (Wildman–Crippen LogP) is 2.94. The minimum absolute atomic E-state index is 0.213. The first-order chi connectivity index (χ1) is 15.9. The summed E-state index contributed by atoms with van der Waals surface area (Å²) in [7, 11) is 0. The maximum Gasteiger partial charge on any atom is 0.305 e. The third kappa shape index (κ3) is 7.15. The number of hydrogen-bond donors (Lipinski definition) is 0. The van der Waals surface area contributed by atoms with Gasteiger partial charge in [-0.1, -0.05) is 11.6 Å². The Hall–Kier alpha value is -2.69. The fourth-order valence-corrected chi connectivity index (χ4v) is 3.92. The quantitative estimate of drug-likeness (QED) is 0.388. The van der Waals surface area contributed by atoms with Gasteiger partial charge in [0.25, 0.3) is 0 Å². The van der Waals surface area contributed by atoms with Crippen molar-refractivity contribution in [2.45, 2.75) is 78.9 Å². The van der Waals surface area contributed by atoms with Crippen molar-refractivity contribution in [3.8, 4) is 0 Å².